The van der Waals surface area contributed by atoms with Crippen LogP contribution in [0.5, 0.6) is 0 Å². The summed E-state index contributed by atoms with van der Waals surface area (Å²) in [4.78, 5) is 3.11. The van der Waals surface area contributed by atoms with Crippen molar-refractivity contribution in [2.75, 3.05) is 0 Å². The molecule has 0 aliphatic heterocycles. The predicted molar refractivity (Wildman–Crippen MR) is 68.4 cm³/mol. The maximum absolute atomic E-state index is 13.8. The summed E-state index contributed by atoms with van der Waals surface area (Å²) in [6, 6.07) is 16.3. The molecule has 0 aliphatic rings. The summed E-state index contributed by atoms with van der Waals surface area (Å²) in [5.41, 5.74) is 2.54. The minimum atomic E-state index is -0.373. The zero-order valence-electron chi connectivity index (χ0n) is 9.44. The van der Waals surface area contributed by atoms with E-state index >= 15 is 0 Å². The van der Waals surface area contributed by atoms with E-state index in [0.717, 1.165) is 5.56 Å². The molecule has 1 aromatic heterocycles. The Kier molecular flexibility index (Phi) is 2.35. The minimum absolute atomic E-state index is 0.356. The molecule has 0 unspecified atom stereocenters. The highest BCUT2D eigenvalue weighted by Crippen LogP contribution is 2.30. The molecule has 0 aliphatic carbocycles. The van der Waals surface area contributed by atoms with Gasteiger partial charge in [0.05, 0.1) is 22.2 Å². The fourth-order valence-electron chi connectivity index (χ4n) is 2.14. The Bertz CT molecular complexity index is 751. The third-order valence-corrected chi connectivity index (χ3v) is 2.95. The molecule has 0 amide bonds. The molecular formula is C15H9FN2. The van der Waals surface area contributed by atoms with Gasteiger partial charge in [0.15, 0.2) is 0 Å². The number of aromatic nitrogens is 1. The van der Waals surface area contributed by atoms with E-state index in [1.54, 1.807) is 12.1 Å². The van der Waals surface area contributed by atoms with Crippen LogP contribution < -0.4 is 0 Å². The number of rotatable bonds is 1. The molecule has 3 rings (SSSR count). The molecule has 18 heavy (non-hydrogen) atoms. The van der Waals surface area contributed by atoms with Gasteiger partial charge >= 0.3 is 0 Å². The summed E-state index contributed by atoms with van der Waals surface area (Å²) in [6.45, 7) is 0. The van der Waals surface area contributed by atoms with Crippen LogP contribution in [0.4, 0.5) is 4.39 Å². The highest BCUT2D eigenvalue weighted by Gasteiger charge is 2.15. The summed E-state index contributed by atoms with van der Waals surface area (Å²) >= 11 is 0. The van der Waals surface area contributed by atoms with E-state index in [-0.39, 0.29) is 5.82 Å². The van der Waals surface area contributed by atoms with E-state index in [1.807, 2.05) is 30.3 Å². The highest BCUT2D eigenvalue weighted by molar-refractivity contribution is 5.93. The zero-order chi connectivity index (χ0) is 12.5. The molecule has 86 valence electrons. The topological polar surface area (TPSA) is 39.6 Å². The first-order chi connectivity index (χ1) is 8.81. The summed E-state index contributed by atoms with van der Waals surface area (Å²) in [5.74, 6) is -0.373. The molecule has 3 aromatic rings. The maximum atomic E-state index is 13.8. The number of hydrogen-bond donors (Lipinski definition) is 1. The first-order valence-electron chi connectivity index (χ1n) is 5.57. The Hall–Kier alpha value is -2.60. The molecule has 1 heterocycles. The number of fused-ring (bicyclic) bond motifs is 1. The summed E-state index contributed by atoms with van der Waals surface area (Å²) in [5, 5.41) is 9.61. The third kappa shape index (κ3) is 1.47. The van der Waals surface area contributed by atoms with Gasteiger partial charge in [0.2, 0.25) is 0 Å². The van der Waals surface area contributed by atoms with Crippen LogP contribution in [0.2, 0.25) is 0 Å². The Morgan fingerprint density at radius 2 is 1.78 bits per heavy atom. The lowest BCUT2D eigenvalue weighted by Crippen LogP contribution is -1.81. The van der Waals surface area contributed by atoms with Crippen LogP contribution in [-0.2, 0) is 0 Å². The van der Waals surface area contributed by atoms with Crippen molar-refractivity contribution >= 4 is 10.9 Å². The van der Waals surface area contributed by atoms with E-state index in [4.69, 9.17) is 0 Å². The predicted octanol–water partition coefficient (Wildman–Crippen LogP) is 3.85. The molecule has 0 radical (unpaired) electrons. The normalized spacial score (nSPS) is 10.4. The lowest BCUT2D eigenvalue weighted by molar-refractivity contribution is 0.640. The molecule has 0 fully saturated rings. The summed E-state index contributed by atoms with van der Waals surface area (Å²) in [7, 11) is 0. The molecule has 0 bridgehead atoms. The van der Waals surface area contributed by atoms with Gasteiger partial charge in [-0.2, -0.15) is 5.26 Å². The average molecular weight is 236 g/mol. The fourth-order valence-corrected chi connectivity index (χ4v) is 2.14. The lowest BCUT2D eigenvalue weighted by Gasteiger charge is -1.97. The van der Waals surface area contributed by atoms with Crippen molar-refractivity contribution < 1.29 is 4.39 Å². The van der Waals surface area contributed by atoms with E-state index in [2.05, 4.69) is 11.1 Å². The lowest BCUT2D eigenvalue weighted by atomic mass is 10.1. The second-order valence-electron chi connectivity index (χ2n) is 4.02. The average Bonchev–Trinajstić information content (AvgIpc) is 2.79. The van der Waals surface area contributed by atoms with Crippen LogP contribution in [0.15, 0.2) is 48.5 Å². The molecule has 0 saturated carbocycles. The molecule has 0 saturated heterocycles. The molecular weight excluding hydrogens is 227 g/mol. The smallest absolute Gasteiger partial charge is 0.133 e. The SMILES string of the molecule is N#Cc1c(-c2ccccc2)[nH]c2cccc(F)c12. The van der Waals surface area contributed by atoms with Crippen molar-refractivity contribution in [2.24, 2.45) is 0 Å². The Morgan fingerprint density at radius 3 is 2.50 bits per heavy atom. The van der Waals surface area contributed by atoms with Gasteiger partial charge < -0.3 is 4.98 Å². The van der Waals surface area contributed by atoms with E-state index in [9.17, 15) is 9.65 Å². The molecule has 2 aromatic carbocycles. The quantitative estimate of drug-likeness (QED) is 0.685. The van der Waals surface area contributed by atoms with Crippen molar-refractivity contribution in [1.29, 1.82) is 5.26 Å². The van der Waals surface area contributed by atoms with Crippen LogP contribution in [0.25, 0.3) is 22.2 Å². The van der Waals surface area contributed by atoms with Gasteiger partial charge in [-0.1, -0.05) is 36.4 Å². The van der Waals surface area contributed by atoms with Crippen molar-refractivity contribution in [3.63, 3.8) is 0 Å². The van der Waals surface area contributed by atoms with Gasteiger partial charge in [-0.05, 0) is 17.7 Å². The minimum Gasteiger partial charge on any atom is -0.353 e. The molecule has 3 heteroatoms. The summed E-state index contributed by atoms with van der Waals surface area (Å²) in [6.07, 6.45) is 0. The number of nitrogens with zero attached hydrogens (tertiary/aromatic N) is 1. The van der Waals surface area contributed by atoms with Crippen LogP contribution in [0.1, 0.15) is 5.56 Å². The largest absolute Gasteiger partial charge is 0.353 e. The molecule has 0 spiro atoms. The highest BCUT2D eigenvalue weighted by atomic mass is 19.1. The Balaban J connectivity index is 2.39. The van der Waals surface area contributed by atoms with Gasteiger partial charge in [0.25, 0.3) is 0 Å². The Labute approximate surface area is 103 Å². The van der Waals surface area contributed by atoms with Gasteiger partial charge in [0, 0.05) is 0 Å². The monoisotopic (exact) mass is 236 g/mol. The summed E-state index contributed by atoms with van der Waals surface area (Å²) < 4.78 is 13.8. The number of nitrogens with one attached hydrogen (secondary N) is 1. The van der Waals surface area contributed by atoms with Crippen LogP contribution in [-0.4, -0.2) is 4.98 Å². The number of H-pyrrole nitrogens is 1. The van der Waals surface area contributed by atoms with E-state index in [1.165, 1.54) is 6.07 Å². The second-order valence-corrected chi connectivity index (χ2v) is 4.02. The number of halogens is 1. The van der Waals surface area contributed by atoms with Crippen LogP contribution in [0.3, 0.4) is 0 Å². The van der Waals surface area contributed by atoms with Crippen molar-refractivity contribution in [3.05, 3.63) is 59.9 Å². The molecule has 1 N–H and O–H groups in total. The van der Waals surface area contributed by atoms with E-state index in [0.29, 0.717) is 22.2 Å². The fraction of sp³-hybridized carbons (Fsp3) is 0. The third-order valence-electron chi connectivity index (χ3n) is 2.95. The first-order valence-corrected chi connectivity index (χ1v) is 5.57. The Morgan fingerprint density at radius 1 is 1.00 bits per heavy atom. The van der Waals surface area contributed by atoms with Gasteiger partial charge in [-0.3, -0.25) is 0 Å². The molecule has 2 nitrogen and oxygen atoms in total. The number of nitriles is 1. The van der Waals surface area contributed by atoms with Crippen LogP contribution >= 0.6 is 0 Å². The van der Waals surface area contributed by atoms with Gasteiger partial charge in [-0.15, -0.1) is 0 Å². The maximum Gasteiger partial charge on any atom is 0.133 e. The van der Waals surface area contributed by atoms with Crippen molar-refractivity contribution in [1.82, 2.24) is 4.98 Å². The standard InChI is InChI=1S/C15H9FN2/c16-12-7-4-8-13-14(12)11(9-17)15(18-13)10-5-2-1-3-6-10/h1-8,18H. The van der Waals surface area contributed by atoms with Gasteiger partial charge in [0.1, 0.15) is 11.9 Å². The van der Waals surface area contributed by atoms with Crippen molar-refractivity contribution in [2.45, 2.75) is 0 Å². The second kappa shape index (κ2) is 4.01. The van der Waals surface area contributed by atoms with Gasteiger partial charge in [-0.25, -0.2) is 4.39 Å². The first kappa shape index (κ1) is 10.5. The zero-order valence-corrected chi connectivity index (χ0v) is 9.44. The van der Waals surface area contributed by atoms with Crippen LogP contribution in [0, 0.1) is 17.1 Å². The number of benzene rings is 2. The number of aromatic amines is 1. The van der Waals surface area contributed by atoms with E-state index < -0.39 is 0 Å². The number of hydrogen-bond acceptors (Lipinski definition) is 1. The van der Waals surface area contributed by atoms with Crippen molar-refractivity contribution in [3.8, 4) is 17.3 Å². The molecule has 0 atom stereocenters.